The Morgan fingerprint density at radius 3 is 2.33 bits per heavy atom. The van der Waals surface area contributed by atoms with E-state index in [4.69, 9.17) is 14.5 Å². The van der Waals surface area contributed by atoms with Crippen LogP contribution in [0.5, 0.6) is 11.5 Å². The first-order valence-electron chi connectivity index (χ1n) is 12.5. The lowest BCUT2D eigenvalue weighted by Gasteiger charge is -2.19. The Labute approximate surface area is 213 Å². The summed E-state index contributed by atoms with van der Waals surface area (Å²) in [7, 11) is 0. The third-order valence-corrected chi connectivity index (χ3v) is 6.05. The van der Waals surface area contributed by atoms with E-state index in [1.807, 2.05) is 60.7 Å². The topological polar surface area (TPSA) is 65.4 Å². The predicted molar refractivity (Wildman–Crippen MR) is 144 cm³/mol. The SMILES string of the molecule is CC(C)(C)c1ccc(OCCn2c(CCCNC(=O)COc3ccccc3)nc3ccccc32)cc1. The molecule has 0 unspecified atom stereocenters. The summed E-state index contributed by atoms with van der Waals surface area (Å²) in [6.45, 7) is 8.45. The van der Waals surface area contributed by atoms with Gasteiger partial charge in [0.2, 0.25) is 0 Å². The summed E-state index contributed by atoms with van der Waals surface area (Å²) in [5, 5.41) is 2.93. The van der Waals surface area contributed by atoms with Gasteiger partial charge >= 0.3 is 0 Å². The van der Waals surface area contributed by atoms with Gasteiger partial charge in [0.1, 0.15) is 23.9 Å². The zero-order valence-corrected chi connectivity index (χ0v) is 21.4. The average molecular weight is 486 g/mol. The van der Waals surface area contributed by atoms with E-state index < -0.39 is 0 Å². The van der Waals surface area contributed by atoms with Gasteiger partial charge in [-0.05, 0) is 53.8 Å². The van der Waals surface area contributed by atoms with Crippen molar-refractivity contribution < 1.29 is 14.3 Å². The van der Waals surface area contributed by atoms with Crippen LogP contribution in [0.1, 0.15) is 38.6 Å². The van der Waals surface area contributed by atoms with Crippen molar-refractivity contribution in [2.75, 3.05) is 19.8 Å². The van der Waals surface area contributed by atoms with Gasteiger partial charge in [0.15, 0.2) is 6.61 Å². The summed E-state index contributed by atoms with van der Waals surface area (Å²) in [6, 6.07) is 25.8. The van der Waals surface area contributed by atoms with Gasteiger partial charge in [-0.15, -0.1) is 0 Å². The molecule has 36 heavy (non-hydrogen) atoms. The van der Waals surface area contributed by atoms with Gasteiger partial charge in [-0.3, -0.25) is 4.79 Å². The van der Waals surface area contributed by atoms with Gasteiger partial charge in [0.05, 0.1) is 17.6 Å². The average Bonchev–Trinajstić information content (AvgIpc) is 3.23. The van der Waals surface area contributed by atoms with E-state index in [1.165, 1.54) is 5.56 Å². The van der Waals surface area contributed by atoms with Crippen LogP contribution in [0.4, 0.5) is 0 Å². The first-order valence-corrected chi connectivity index (χ1v) is 12.5. The fourth-order valence-electron chi connectivity index (χ4n) is 4.06. The standard InChI is InChI=1S/C30H35N3O3/c1-30(2,3)23-15-17-25(18-16-23)35-21-20-33-27-13-8-7-12-26(27)32-28(33)14-9-19-31-29(34)22-36-24-10-5-4-6-11-24/h4-8,10-13,15-18H,9,14,19-22H2,1-3H3,(H,31,34). The number of hydrogen-bond donors (Lipinski definition) is 1. The van der Waals surface area contributed by atoms with Crippen molar-refractivity contribution in [3.05, 3.63) is 90.3 Å². The summed E-state index contributed by atoms with van der Waals surface area (Å²) in [4.78, 5) is 17.0. The minimum absolute atomic E-state index is 0.0105. The number of carbonyl (C=O) groups excluding carboxylic acids is 1. The fourth-order valence-corrected chi connectivity index (χ4v) is 4.06. The van der Waals surface area contributed by atoms with Crippen LogP contribution >= 0.6 is 0 Å². The fraction of sp³-hybridized carbons (Fsp3) is 0.333. The van der Waals surface area contributed by atoms with E-state index in [0.717, 1.165) is 35.4 Å². The van der Waals surface area contributed by atoms with Crippen LogP contribution in [0, 0.1) is 0 Å². The number of nitrogens with one attached hydrogen (secondary N) is 1. The van der Waals surface area contributed by atoms with Crippen molar-refractivity contribution in [1.29, 1.82) is 0 Å². The second-order valence-electron chi connectivity index (χ2n) is 9.85. The molecule has 4 rings (SSSR count). The molecule has 3 aromatic carbocycles. The number of ether oxygens (including phenoxy) is 2. The number of nitrogens with zero attached hydrogens (tertiary/aromatic N) is 2. The van der Waals surface area contributed by atoms with Crippen molar-refractivity contribution in [3.8, 4) is 11.5 Å². The van der Waals surface area contributed by atoms with Gasteiger partial charge < -0.3 is 19.4 Å². The Balaban J connectivity index is 1.29. The lowest BCUT2D eigenvalue weighted by atomic mass is 9.87. The number of carbonyl (C=O) groups is 1. The Kier molecular flexibility index (Phi) is 8.26. The minimum atomic E-state index is -0.127. The summed E-state index contributed by atoms with van der Waals surface area (Å²) in [5.41, 5.74) is 3.48. The maximum absolute atomic E-state index is 12.1. The van der Waals surface area contributed by atoms with Crippen LogP contribution in [-0.4, -0.2) is 35.2 Å². The van der Waals surface area contributed by atoms with Crippen LogP contribution in [0.25, 0.3) is 11.0 Å². The van der Waals surface area contributed by atoms with Crippen molar-refractivity contribution in [3.63, 3.8) is 0 Å². The molecule has 0 saturated carbocycles. The molecule has 0 atom stereocenters. The van der Waals surface area contributed by atoms with Crippen LogP contribution in [0.2, 0.25) is 0 Å². The molecule has 0 spiro atoms. The predicted octanol–water partition coefficient (Wildman–Crippen LogP) is 5.54. The second-order valence-corrected chi connectivity index (χ2v) is 9.85. The monoisotopic (exact) mass is 485 g/mol. The quantitative estimate of drug-likeness (QED) is 0.283. The molecule has 1 amide bonds. The lowest BCUT2D eigenvalue weighted by Crippen LogP contribution is -2.30. The highest BCUT2D eigenvalue weighted by Crippen LogP contribution is 2.24. The summed E-state index contributed by atoms with van der Waals surface area (Å²) >= 11 is 0. The highest BCUT2D eigenvalue weighted by Gasteiger charge is 2.14. The zero-order valence-electron chi connectivity index (χ0n) is 21.4. The minimum Gasteiger partial charge on any atom is -0.492 e. The first-order chi connectivity index (χ1) is 17.4. The van der Waals surface area contributed by atoms with Gasteiger partial charge in [0.25, 0.3) is 5.91 Å². The molecule has 1 aromatic heterocycles. The third kappa shape index (κ3) is 6.87. The van der Waals surface area contributed by atoms with E-state index in [-0.39, 0.29) is 17.9 Å². The highest BCUT2D eigenvalue weighted by molar-refractivity contribution is 5.77. The van der Waals surface area contributed by atoms with Crippen molar-refractivity contribution in [1.82, 2.24) is 14.9 Å². The zero-order chi connectivity index (χ0) is 25.4. The smallest absolute Gasteiger partial charge is 0.257 e. The molecule has 0 aliphatic rings. The molecule has 0 aliphatic heterocycles. The van der Waals surface area contributed by atoms with Crippen molar-refractivity contribution in [2.45, 2.75) is 45.6 Å². The Bertz CT molecular complexity index is 1260. The molecule has 0 saturated heterocycles. The summed E-state index contributed by atoms with van der Waals surface area (Å²) < 4.78 is 13.8. The molecule has 6 heteroatoms. The van der Waals surface area contributed by atoms with Gasteiger partial charge in [-0.2, -0.15) is 0 Å². The Morgan fingerprint density at radius 1 is 0.889 bits per heavy atom. The number of aromatic nitrogens is 2. The summed E-state index contributed by atoms with van der Waals surface area (Å²) in [6.07, 6.45) is 1.55. The number of fused-ring (bicyclic) bond motifs is 1. The molecule has 6 nitrogen and oxygen atoms in total. The number of rotatable bonds is 11. The number of imidazole rings is 1. The molecule has 1 heterocycles. The molecule has 1 N–H and O–H groups in total. The Hall–Kier alpha value is -3.80. The maximum atomic E-state index is 12.1. The maximum Gasteiger partial charge on any atom is 0.257 e. The van der Waals surface area contributed by atoms with Crippen LogP contribution in [-0.2, 0) is 23.2 Å². The molecule has 4 aromatic rings. The highest BCUT2D eigenvalue weighted by atomic mass is 16.5. The number of amides is 1. The third-order valence-electron chi connectivity index (χ3n) is 6.05. The van der Waals surface area contributed by atoms with E-state index >= 15 is 0 Å². The normalized spacial score (nSPS) is 11.4. The molecule has 0 bridgehead atoms. The van der Waals surface area contributed by atoms with Gasteiger partial charge in [0, 0.05) is 13.0 Å². The van der Waals surface area contributed by atoms with Gasteiger partial charge in [-0.1, -0.05) is 63.2 Å². The number of benzene rings is 3. The first kappa shape index (κ1) is 25.3. The second kappa shape index (κ2) is 11.8. The molecular formula is C30H35N3O3. The van der Waals surface area contributed by atoms with Crippen LogP contribution in [0.3, 0.4) is 0 Å². The van der Waals surface area contributed by atoms with Crippen molar-refractivity contribution in [2.24, 2.45) is 0 Å². The van der Waals surface area contributed by atoms with Crippen molar-refractivity contribution >= 4 is 16.9 Å². The van der Waals surface area contributed by atoms with E-state index in [2.05, 4.69) is 48.9 Å². The molecular weight excluding hydrogens is 450 g/mol. The molecule has 0 aliphatic carbocycles. The lowest BCUT2D eigenvalue weighted by molar-refractivity contribution is -0.123. The largest absolute Gasteiger partial charge is 0.492 e. The molecule has 0 radical (unpaired) electrons. The number of hydrogen-bond acceptors (Lipinski definition) is 4. The van der Waals surface area contributed by atoms with E-state index in [0.29, 0.717) is 25.4 Å². The van der Waals surface area contributed by atoms with E-state index in [9.17, 15) is 4.79 Å². The number of para-hydroxylation sites is 3. The van der Waals surface area contributed by atoms with Crippen LogP contribution in [0.15, 0.2) is 78.9 Å². The van der Waals surface area contributed by atoms with Gasteiger partial charge in [-0.25, -0.2) is 4.98 Å². The number of aryl methyl sites for hydroxylation is 1. The van der Waals surface area contributed by atoms with E-state index in [1.54, 1.807) is 0 Å². The summed E-state index contributed by atoms with van der Waals surface area (Å²) in [5.74, 6) is 2.43. The molecule has 188 valence electrons. The molecule has 0 fully saturated rings. The Morgan fingerprint density at radius 2 is 1.58 bits per heavy atom. The van der Waals surface area contributed by atoms with Crippen LogP contribution < -0.4 is 14.8 Å².